The van der Waals surface area contributed by atoms with Crippen molar-refractivity contribution >= 4 is 50.7 Å². The van der Waals surface area contributed by atoms with Crippen molar-refractivity contribution in [1.82, 2.24) is 0 Å². The van der Waals surface area contributed by atoms with Crippen LogP contribution in [0.4, 0.5) is 11.4 Å². The fraction of sp³-hybridized carbons (Fsp3) is 0.314. The Morgan fingerprint density at radius 2 is 1.67 bits per heavy atom. The highest BCUT2D eigenvalue weighted by molar-refractivity contribution is 9.12. The van der Waals surface area contributed by atoms with Gasteiger partial charge in [-0.05, 0) is 82.7 Å². The number of imide groups is 1. The normalized spacial score (nSPS) is 27.6. The summed E-state index contributed by atoms with van der Waals surface area (Å²) >= 11 is 3.28. The Balaban J connectivity index is 1.16. The van der Waals surface area contributed by atoms with Gasteiger partial charge in [-0.2, -0.15) is 0 Å². The molecular weight excluding hydrogens is 640 g/mol. The van der Waals surface area contributed by atoms with Gasteiger partial charge in [-0.3, -0.25) is 24.1 Å². The number of hydrogen-bond donors (Lipinski definition) is 1. The quantitative estimate of drug-likeness (QED) is 0.288. The number of carbonyl (C=O) groups is 4. The molecule has 45 heavy (non-hydrogen) atoms. The Morgan fingerprint density at radius 3 is 2.44 bits per heavy atom. The maximum absolute atomic E-state index is 14.2. The van der Waals surface area contributed by atoms with E-state index in [-0.39, 0.29) is 40.0 Å². The maximum Gasteiger partial charge on any atom is 0.238 e. The first-order chi connectivity index (χ1) is 21.8. The van der Waals surface area contributed by atoms with E-state index < -0.39 is 23.7 Å². The number of hydrogen-bond acceptors (Lipinski definition) is 8. The van der Waals surface area contributed by atoms with E-state index in [1.165, 1.54) is 11.0 Å². The summed E-state index contributed by atoms with van der Waals surface area (Å²) in [4.78, 5) is 58.7. The van der Waals surface area contributed by atoms with E-state index in [4.69, 9.17) is 9.47 Å². The van der Waals surface area contributed by atoms with Gasteiger partial charge in [0.1, 0.15) is 11.5 Å². The summed E-state index contributed by atoms with van der Waals surface area (Å²) in [5.74, 6) is -2.61. The first kappa shape index (κ1) is 28.2. The summed E-state index contributed by atoms with van der Waals surface area (Å²) in [6.45, 7) is 2.87. The monoisotopic (exact) mass is 668 g/mol. The molecule has 3 aliphatic carbocycles. The minimum absolute atomic E-state index is 0.101. The van der Waals surface area contributed by atoms with Gasteiger partial charge in [0, 0.05) is 53.9 Å². The van der Waals surface area contributed by atoms with E-state index in [1.54, 1.807) is 24.5 Å². The lowest BCUT2D eigenvalue weighted by Gasteiger charge is -2.43. The SMILES string of the molecule is O=C1C=C(Br)C(=O)C2=C1[C@@H](C1=COc3ccc(O)cc3C1)C1=CC[C@@H]3C(=O)N(c4ccc(N5CCOCC5)cc4)C(=O)[C@@H]3[C@@H]1C2. The summed E-state index contributed by atoms with van der Waals surface area (Å²) < 4.78 is 11.6. The van der Waals surface area contributed by atoms with Gasteiger partial charge in [-0.1, -0.05) is 11.6 Å². The number of ketones is 2. The first-order valence-electron chi connectivity index (χ1n) is 15.2. The molecule has 9 nitrogen and oxygen atoms in total. The number of aromatic hydroxyl groups is 1. The fourth-order valence-corrected chi connectivity index (χ4v) is 8.35. The summed E-state index contributed by atoms with van der Waals surface area (Å²) in [7, 11) is 0. The van der Waals surface area contributed by atoms with Crippen LogP contribution in [0.2, 0.25) is 0 Å². The predicted octanol–water partition coefficient (Wildman–Crippen LogP) is 4.55. The van der Waals surface area contributed by atoms with Crippen LogP contribution in [0.15, 0.2) is 87.7 Å². The molecule has 0 unspecified atom stereocenters. The Hall–Kier alpha value is -4.28. The third kappa shape index (κ3) is 4.45. The van der Waals surface area contributed by atoms with Crippen molar-refractivity contribution < 1.29 is 33.8 Å². The van der Waals surface area contributed by atoms with Crippen LogP contribution < -0.4 is 14.5 Å². The standard InChI is InChI=1S/C35H29BrN2O7/c36-27-16-28(40)32-26(33(27)41)15-25-23(30(32)19-13-18-14-22(39)5-8-29(18)45-17-19)6-7-24-31(25)35(43)38(34(24)42)21-3-1-20(2-4-21)37-9-11-44-12-10-37/h1-6,8,14,16-17,24-25,30-31,39H,7,9-13,15H2/t24-,25+,30-,31-/m0/s1. The second-order valence-corrected chi connectivity index (χ2v) is 13.2. The Bertz CT molecular complexity index is 1810. The molecule has 2 amide bonds. The number of anilines is 2. The Labute approximate surface area is 267 Å². The summed E-state index contributed by atoms with van der Waals surface area (Å²) in [6.07, 6.45) is 5.89. The van der Waals surface area contributed by atoms with Crippen LogP contribution in [0.25, 0.3) is 0 Å². The summed E-state index contributed by atoms with van der Waals surface area (Å²) in [5, 5.41) is 10.1. The van der Waals surface area contributed by atoms with Crippen molar-refractivity contribution in [3.63, 3.8) is 0 Å². The van der Waals surface area contributed by atoms with Gasteiger partial charge in [0.15, 0.2) is 11.6 Å². The molecule has 10 heteroatoms. The molecule has 6 aliphatic rings. The molecule has 0 saturated carbocycles. The van der Waals surface area contributed by atoms with Crippen LogP contribution >= 0.6 is 15.9 Å². The number of halogens is 1. The van der Waals surface area contributed by atoms with Gasteiger partial charge in [0.25, 0.3) is 0 Å². The van der Waals surface area contributed by atoms with E-state index in [0.717, 1.165) is 35.5 Å². The third-order valence-electron chi connectivity index (χ3n) is 9.96. The molecule has 0 spiro atoms. The van der Waals surface area contributed by atoms with Crippen molar-refractivity contribution in [2.75, 3.05) is 36.1 Å². The van der Waals surface area contributed by atoms with Gasteiger partial charge >= 0.3 is 0 Å². The molecule has 0 bridgehead atoms. The maximum atomic E-state index is 14.2. The van der Waals surface area contributed by atoms with Crippen LogP contribution in [0.5, 0.6) is 11.5 Å². The van der Waals surface area contributed by atoms with E-state index in [0.29, 0.717) is 48.6 Å². The van der Waals surface area contributed by atoms with Crippen molar-refractivity contribution in [3.8, 4) is 11.5 Å². The summed E-state index contributed by atoms with van der Waals surface area (Å²) in [6, 6.07) is 12.4. The second-order valence-electron chi connectivity index (χ2n) is 12.3. The highest BCUT2D eigenvalue weighted by atomic mass is 79.9. The van der Waals surface area contributed by atoms with Gasteiger partial charge in [-0.15, -0.1) is 0 Å². The minimum Gasteiger partial charge on any atom is -0.508 e. The average Bonchev–Trinajstić information content (AvgIpc) is 3.32. The highest BCUT2D eigenvalue weighted by Gasteiger charge is 2.57. The topological polar surface area (TPSA) is 113 Å². The molecule has 2 aromatic carbocycles. The van der Waals surface area contributed by atoms with E-state index in [2.05, 4.69) is 20.8 Å². The first-order valence-corrected chi connectivity index (χ1v) is 16.0. The number of allylic oxidation sites excluding steroid dienone is 7. The van der Waals surface area contributed by atoms with Crippen LogP contribution in [0.1, 0.15) is 18.4 Å². The molecule has 3 heterocycles. The van der Waals surface area contributed by atoms with Gasteiger partial charge in [0.2, 0.25) is 11.8 Å². The second kappa shape index (κ2) is 10.7. The van der Waals surface area contributed by atoms with Crippen LogP contribution in [0, 0.1) is 23.7 Å². The molecule has 0 radical (unpaired) electrons. The largest absolute Gasteiger partial charge is 0.508 e. The third-order valence-corrected chi connectivity index (χ3v) is 10.6. The van der Waals surface area contributed by atoms with Crippen molar-refractivity contribution in [3.05, 3.63) is 93.2 Å². The molecule has 0 aromatic heterocycles. The minimum atomic E-state index is -0.665. The molecule has 4 atom stereocenters. The molecule has 8 rings (SSSR count). The van der Waals surface area contributed by atoms with E-state index in [1.807, 2.05) is 30.3 Å². The van der Waals surface area contributed by atoms with Crippen molar-refractivity contribution in [2.24, 2.45) is 23.7 Å². The number of phenols is 1. The molecular formula is C35H29BrN2O7. The summed E-state index contributed by atoms with van der Waals surface area (Å²) in [5.41, 5.74) is 4.69. The Kier molecular flexibility index (Phi) is 6.69. The fourth-order valence-electron chi connectivity index (χ4n) is 7.90. The number of ether oxygens (including phenoxy) is 2. The lowest BCUT2D eigenvalue weighted by atomic mass is 9.59. The van der Waals surface area contributed by atoms with Gasteiger partial charge in [0.05, 0.1) is 41.5 Å². The number of Topliss-reactive ketones (excluding diaryl/α,β-unsaturated/α-hetero) is 1. The molecule has 1 N–H and O–H groups in total. The van der Waals surface area contributed by atoms with Crippen molar-refractivity contribution in [1.29, 1.82) is 0 Å². The molecule has 2 saturated heterocycles. The zero-order valence-electron chi connectivity index (χ0n) is 24.2. The van der Waals surface area contributed by atoms with Crippen LogP contribution in [0.3, 0.4) is 0 Å². The molecule has 3 aliphatic heterocycles. The number of benzene rings is 2. The molecule has 2 aromatic rings. The van der Waals surface area contributed by atoms with Crippen LogP contribution in [-0.2, 0) is 30.3 Å². The molecule has 2 fully saturated rings. The van der Waals surface area contributed by atoms with Gasteiger partial charge < -0.3 is 19.5 Å². The van der Waals surface area contributed by atoms with E-state index >= 15 is 0 Å². The van der Waals surface area contributed by atoms with Gasteiger partial charge in [-0.25, -0.2) is 0 Å². The number of rotatable bonds is 3. The number of amides is 2. The molecule has 228 valence electrons. The highest BCUT2D eigenvalue weighted by Crippen LogP contribution is 2.55. The lowest BCUT2D eigenvalue weighted by molar-refractivity contribution is -0.123. The number of fused-ring (bicyclic) bond motifs is 4. The predicted molar refractivity (Wildman–Crippen MR) is 168 cm³/mol. The van der Waals surface area contributed by atoms with E-state index in [9.17, 15) is 24.3 Å². The number of phenolic OH excluding ortho intramolecular Hbond substituents is 1. The number of nitrogens with zero attached hydrogens (tertiary/aromatic N) is 2. The van der Waals surface area contributed by atoms with Crippen molar-refractivity contribution in [2.45, 2.75) is 19.3 Å². The zero-order chi connectivity index (χ0) is 31.0. The average molecular weight is 670 g/mol. The Morgan fingerprint density at radius 1 is 0.911 bits per heavy atom. The van der Waals surface area contributed by atoms with Crippen LogP contribution in [-0.4, -0.2) is 54.8 Å². The zero-order valence-corrected chi connectivity index (χ0v) is 25.8. The number of morpholine rings is 1. The number of carbonyl (C=O) groups excluding carboxylic acids is 4. The smallest absolute Gasteiger partial charge is 0.238 e. The lowest BCUT2D eigenvalue weighted by Crippen LogP contribution is -2.41.